The number of halogens is 1. The van der Waals surface area contributed by atoms with Crippen LogP contribution in [0.25, 0.3) is 27.6 Å². The molecule has 0 nitrogen and oxygen atoms in total. The minimum atomic E-state index is 0.448. The maximum atomic E-state index is 3.77. The summed E-state index contributed by atoms with van der Waals surface area (Å²) < 4.78 is 0. The van der Waals surface area contributed by atoms with Gasteiger partial charge >= 0.3 is 0 Å². The molecule has 3 aromatic rings. The molecule has 0 aliphatic heterocycles. The quantitative estimate of drug-likeness (QED) is 0.361. The first-order chi connectivity index (χ1) is 9.34. The van der Waals surface area contributed by atoms with Gasteiger partial charge in [-0.1, -0.05) is 76.6 Å². The molecule has 0 spiro atoms. The second-order valence-corrected chi connectivity index (χ2v) is 6.16. The summed E-state index contributed by atoms with van der Waals surface area (Å²) in [6.45, 7) is 0. The number of rotatable bonds is 0. The van der Waals surface area contributed by atoms with Crippen LogP contribution in [0.5, 0.6) is 0 Å². The molecule has 1 unspecified atom stereocenters. The van der Waals surface area contributed by atoms with Crippen LogP contribution in [-0.2, 0) is 0 Å². The lowest BCUT2D eigenvalue weighted by Gasteiger charge is -2.19. The molecule has 1 aliphatic rings. The summed E-state index contributed by atoms with van der Waals surface area (Å²) in [5.41, 5.74) is 2.78. The fraction of sp³-hybridized carbons (Fsp3) is 0.111. The Morgan fingerprint density at radius 3 is 2.63 bits per heavy atom. The van der Waals surface area contributed by atoms with Gasteiger partial charge in [0.25, 0.3) is 0 Å². The van der Waals surface area contributed by atoms with Gasteiger partial charge < -0.3 is 0 Å². The molecule has 0 saturated heterocycles. The summed E-state index contributed by atoms with van der Waals surface area (Å²) in [7, 11) is 0. The van der Waals surface area contributed by atoms with Crippen LogP contribution in [0.4, 0.5) is 0 Å². The lowest BCUT2D eigenvalue weighted by atomic mass is 9.90. The van der Waals surface area contributed by atoms with Crippen LogP contribution in [0.2, 0.25) is 0 Å². The van der Waals surface area contributed by atoms with E-state index in [0.29, 0.717) is 4.83 Å². The zero-order chi connectivity index (χ0) is 12.8. The molecule has 1 atom stereocenters. The average molecular weight is 309 g/mol. The Bertz CT molecular complexity index is 814. The zero-order valence-corrected chi connectivity index (χ0v) is 12.0. The van der Waals surface area contributed by atoms with Crippen LogP contribution >= 0.6 is 15.9 Å². The first-order valence-electron chi connectivity index (χ1n) is 6.59. The average Bonchev–Trinajstić information content (AvgIpc) is 2.47. The number of alkyl halides is 1. The first kappa shape index (κ1) is 11.2. The third-order valence-corrected chi connectivity index (χ3v) is 4.83. The molecule has 0 fully saturated rings. The van der Waals surface area contributed by atoms with Gasteiger partial charge in [-0.25, -0.2) is 0 Å². The maximum Gasteiger partial charge on any atom is 0.0435 e. The van der Waals surface area contributed by atoms with Gasteiger partial charge in [0.1, 0.15) is 0 Å². The molecule has 4 rings (SSSR count). The minimum absolute atomic E-state index is 0.448. The van der Waals surface area contributed by atoms with Crippen molar-refractivity contribution in [2.45, 2.75) is 11.2 Å². The summed E-state index contributed by atoms with van der Waals surface area (Å²) in [5, 5.41) is 5.36. The first-order valence-corrected chi connectivity index (χ1v) is 7.51. The number of allylic oxidation sites excluding steroid dienone is 1. The second-order valence-electron chi connectivity index (χ2n) is 5.06. The van der Waals surface area contributed by atoms with E-state index in [-0.39, 0.29) is 0 Å². The monoisotopic (exact) mass is 308 g/mol. The van der Waals surface area contributed by atoms with Gasteiger partial charge in [0.15, 0.2) is 0 Å². The SMILES string of the molecule is BrC1CC=Cc2c1ccc1c2ccc2ccccc21. The number of benzene rings is 3. The fourth-order valence-corrected chi connectivity index (χ4v) is 3.63. The molecule has 0 heterocycles. The van der Waals surface area contributed by atoms with Gasteiger partial charge in [0.05, 0.1) is 0 Å². The summed E-state index contributed by atoms with van der Waals surface area (Å²) in [6, 6.07) is 17.6. The van der Waals surface area contributed by atoms with E-state index in [1.165, 1.54) is 32.7 Å². The van der Waals surface area contributed by atoms with Crippen LogP contribution in [0.15, 0.2) is 54.6 Å². The van der Waals surface area contributed by atoms with Gasteiger partial charge in [-0.05, 0) is 39.1 Å². The van der Waals surface area contributed by atoms with Gasteiger partial charge in [-0.2, -0.15) is 0 Å². The van der Waals surface area contributed by atoms with Gasteiger partial charge in [0, 0.05) is 4.83 Å². The normalized spacial score (nSPS) is 17.8. The highest BCUT2D eigenvalue weighted by Gasteiger charge is 2.16. The summed E-state index contributed by atoms with van der Waals surface area (Å²) in [6.07, 6.45) is 5.60. The van der Waals surface area contributed by atoms with E-state index in [9.17, 15) is 0 Å². The molecule has 3 aromatic carbocycles. The third kappa shape index (κ3) is 1.65. The van der Waals surface area contributed by atoms with Crippen molar-refractivity contribution in [1.29, 1.82) is 0 Å². The molecule has 0 bridgehead atoms. The van der Waals surface area contributed by atoms with E-state index in [1.807, 2.05) is 0 Å². The van der Waals surface area contributed by atoms with Crippen molar-refractivity contribution >= 4 is 43.6 Å². The Labute approximate surface area is 120 Å². The van der Waals surface area contributed by atoms with Gasteiger partial charge in [0.2, 0.25) is 0 Å². The molecular formula is C18H13Br. The van der Waals surface area contributed by atoms with Gasteiger partial charge in [-0.15, -0.1) is 0 Å². The van der Waals surface area contributed by atoms with Crippen molar-refractivity contribution in [3.63, 3.8) is 0 Å². The molecule has 0 amide bonds. The van der Waals surface area contributed by atoms with Crippen molar-refractivity contribution in [3.8, 4) is 0 Å². The Morgan fingerprint density at radius 1 is 0.842 bits per heavy atom. The minimum Gasteiger partial charge on any atom is -0.0835 e. The van der Waals surface area contributed by atoms with Crippen molar-refractivity contribution in [2.75, 3.05) is 0 Å². The standard InChI is InChI=1S/C18H13Br/c19-18-7-3-6-14-16-9-8-12-4-1-2-5-13(12)15(16)10-11-17(14)18/h1-6,8-11,18H,7H2. The summed E-state index contributed by atoms with van der Waals surface area (Å²) >= 11 is 3.77. The number of hydrogen-bond acceptors (Lipinski definition) is 0. The van der Waals surface area contributed by atoms with E-state index in [2.05, 4.69) is 76.6 Å². The zero-order valence-electron chi connectivity index (χ0n) is 10.4. The molecule has 1 heteroatoms. The highest BCUT2D eigenvalue weighted by Crippen LogP contribution is 2.39. The molecule has 0 aromatic heterocycles. The van der Waals surface area contributed by atoms with Crippen molar-refractivity contribution in [3.05, 3.63) is 65.7 Å². The Morgan fingerprint density at radius 2 is 1.68 bits per heavy atom. The molecule has 19 heavy (non-hydrogen) atoms. The van der Waals surface area contributed by atoms with E-state index in [0.717, 1.165) is 6.42 Å². The van der Waals surface area contributed by atoms with E-state index in [4.69, 9.17) is 0 Å². The molecule has 0 radical (unpaired) electrons. The van der Waals surface area contributed by atoms with Crippen LogP contribution in [0, 0.1) is 0 Å². The topological polar surface area (TPSA) is 0 Å². The maximum absolute atomic E-state index is 3.77. The summed E-state index contributed by atoms with van der Waals surface area (Å²) in [5.74, 6) is 0. The largest absolute Gasteiger partial charge is 0.0835 e. The number of hydrogen-bond donors (Lipinski definition) is 0. The van der Waals surface area contributed by atoms with E-state index in [1.54, 1.807) is 0 Å². The predicted octanol–water partition coefficient (Wildman–Crippen LogP) is 5.85. The van der Waals surface area contributed by atoms with Crippen LogP contribution < -0.4 is 0 Å². The second kappa shape index (κ2) is 4.21. The van der Waals surface area contributed by atoms with E-state index >= 15 is 0 Å². The number of fused-ring (bicyclic) bond motifs is 5. The van der Waals surface area contributed by atoms with Crippen molar-refractivity contribution in [2.24, 2.45) is 0 Å². The summed E-state index contributed by atoms with van der Waals surface area (Å²) in [4.78, 5) is 0.448. The third-order valence-electron chi connectivity index (χ3n) is 3.97. The van der Waals surface area contributed by atoms with Gasteiger partial charge in [-0.3, -0.25) is 0 Å². The molecule has 0 N–H and O–H groups in total. The molecular weight excluding hydrogens is 296 g/mol. The molecule has 1 aliphatic carbocycles. The van der Waals surface area contributed by atoms with Crippen molar-refractivity contribution in [1.82, 2.24) is 0 Å². The van der Waals surface area contributed by atoms with E-state index < -0.39 is 0 Å². The lowest BCUT2D eigenvalue weighted by Crippen LogP contribution is -1.98. The Balaban J connectivity index is 2.17. The molecule has 92 valence electrons. The lowest BCUT2D eigenvalue weighted by molar-refractivity contribution is 0.977. The highest BCUT2D eigenvalue weighted by atomic mass is 79.9. The van der Waals surface area contributed by atoms with Crippen LogP contribution in [-0.4, -0.2) is 0 Å². The fourth-order valence-electron chi connectivity index (χ4n) is 3.02. The van der Waals surface area contributed by atoms with Crippen LogP contribution in [0.3, 0.4) is 0 Å². The Hall–Kier alpha value is -1.60. The smallest absolute Gasteiger partial charge is 0.0435 e. The Kier molecular flexibility index (Phi) is 2.49. The van der Waals surface area contributed by atoms with Crippen LogP contribution in [0.1, 0.15) is 22.4 Å². The predicted molar refractivity (Wildman–Crippen MR) is 86.8 cm³/mol. The highest BCUT2D eigenvalue weighted by molar-refractivity contribution is 9.09. The van der Waals surface area contributed by atoms with Crippen molar-refractivity contribution < 1.29 is 0 Å². The molecule has 0 saturated carbocycles.